The molecule has 0 rings (SSSR count). The van der Waals surface area contributed by atoms with E-state index in [0.717, 1.165) is 12.8 Å². The molecular formula is C10H20O. The summed E-state index contributed by atoms with van der Waals surface area (Å²) in [4.78, 5) is 0. The van der Waals surface area contributed by atoms with Crippen LogP contribution in [0.5, 0.6) is 0 Å². The molecule has 0 aliphatic heterocycles. The standard InChI is InChI=1S/C10H20O/c1-5-8(3)7-10(11)9(4)6-2/h5,8-11H,1,6-7H2,2-4H3. The summed E-state index contributed by atoms with van der Waals surface area (Å²) in [6.07, 6.45) is 3.63. The van der Waals surface area contributed by atoms with E-state index < -0.39 is 0 Å². The van der Waals surface area contributed by atoms with E-state index in [-0.39, 0.29) is 6.10 Å². The molecule has 3 unspecified atom stereocenters. The lowest BCUT2D eigenvalue weighted by Gasteiger charge is -2.18. The highest BCUT2D eigenvalue weighted by Crippen LogP contribution is 2.15. The Hall–Kier alpha value is -0.300. The Labute approximate surface area is 70.1 Å². The van der Waals surface area contributed by atoms with E-state index in [1.807, 2.05) is 6.08 Å². The predicted octanol–water partition coefficient (Wildman–Crippen LogP) is 2.61. The number of aliphatic hydroxyl groups is 1. The molecule has 0 bridgehead atoms. The lowest BCUT2D eigenvalue weighted by atomic mass is 9.93. The van der Waals surface area contributed by atoms with Crippen molar-refractivity contribution in [3.05, 3.63) is 12.7 Å². The second kappa shape index (κ2) is 5.36. The summed E-state index contributed by atoms with van der Waals surface area (Å²) in [7, 11) is 0. The summed E-state index contributed by atoms with van der Waals surface area (Å²) in [5.41, 5.74) is 0. The van der Waals surface area contributed by atoms with Gasteiger partial charge in [0.1, 0.15) is 0 Å². The Morgan fingerprint density at radius 3 is 2.36 bits per heavy atom. The van der Waals surface area contributed by atoms with Gasteiger partial charge in [-0.2, -0.15) is 0 Å². The number of allylic oxidation sites excluding steroid dienone is 1. The molecule has 0 amide bonds. The SMILES string of the molecule is C=CC(C)CC(O)C(C)CC. The molecule has 0 spiro atoms. The monoisotopic (exact) mass is 156 g/mol. The zero-order chi connectivity index (χ0) is 8.85. The molecule has 1 nitrogen and oxygen atoms in total. The van der Waals surface area contributed by atoms with Gasteiger partial charge in [-0.15, -0.1) is 6.58 Å². The first kappa shape index (κ1) is 10.7. The van der Waals surface area contributed by atoms with Gasteiger partial charge in [0.25, 0.3) is 0 Å². The van der Waals surface area contributed by atoms with Gasteiger partial charge < -0.3 is 5.11 Å². The highest BCUT2D eigenvalue weighted by molar-refractivity contribution is 4.78. The Bertz CT molecular complexity index is 109. The quantitative estimate of drug-likeness (QED) is 0.607. The molecule has 0 aromatic rings. The highest BCUT2D eigenvalue weighted by Gasteiger charge is 2.13. The Morgan fingerprint density at radius 1 is 1.45 bits per heavy atom. The molecule has 0 aromatic heterocycles. The van der Waals surface area contributed by atoms with Crippen LogP contribution in [0.15, 0.2) is 12.7 Å². The maximum atomic E-state index is 9.57. The van der Waals surface area contributed by atoms with Crippen LogP contribution in [0.1, 0.15) is 33.6 Å². The van der Waals surface area contributed by atoms with Gasteiger partial charge >= 0.3 is 0 Å². The first-order chi connectivity index (χ1) is 5.11. The molecule has 0 aromatic carbocycles. The second-order valence-electron chi connectivity index (χ2n) is 3.40. The topological polar surface area (TPSA) is 20.2 Å². The van der Waals surface area contributed by atoms with E-state index in [2.05, 4.69) is 27.4 Å². The lowest BCUT2D eigenvalue weighted by Crippen LogP contribution is -2.19. The zero-order valence-electron chi connectivity index (χ0n) is 7.88. The van der Waals surface area contributed by atoms with Crippen LogP contribution in [0.25, 0.3) is 0 Å². The first-order valence-electron chi connectivity index (χ1n) is 4.42. The minimum atomic E-state index is -0.159. The Morgan fingerprint density at radius 2 is 2.00 bits per heavy atom. The van der Waals surface area contributed by atoms with Crippen LogP contribution in [0.2, 0.25) is 0 Å². The molecule has 11 heavy (non-hydrogen) atoms. The van der Waals surface area contributed by atoms with Crippen LogP contribution >= 0.6 is 0 Å². The van der Waals surface area contributed by atoms with Crippen molar-refractivity contribution in [3.63, 3.8) is 0 Å². The lowest BCUT2D eigenvalue weighted by molar-refractivity contribution is 0.0963. The summed E-state index contributed by atoms with van der Waals surface area (Å²) < 4.78 is 0. The third-order valence-corrected chi connectivity index (χ3v) is 2.32. The van der Waals surface area contributed by atoms with E-state index in [1.165, 1.54) is 0 Å². The minimum Gasteiger partial charge on any atom is -0.393 e. The molecule has 0 heterocycles. The average molecular weight is 156 g/mol. The van der Waals surface area contributed by atoms with Gasteiger partial charge in [0.2, 0.25) is 0 Å². The molecule has 0 saturated carbocycles. The second-order valence-corrected chi connectivity index (χ2v) is 3.40. The zero-order valence-corrected chi connectivity index (χ0v) is 7.88. The Kier molecular flexibility index (Phi) is 5.22. The fourth-order valence-electron chi connectivity index (χ4n) is 0.982. The van der Waals surface area contributed by atoms with Gasteiger partial charge in [0, 0.05) is 0 Å². The average Bonchev–Trinajstić information content (AvgIpc) is 2.02. The van der Waals surface area contributed by atoms with Crippen molar-refractivity contribution in [3.8, 4) is 0 Å². The van der Waals surface area contributed by atoms with Gasteiger partial charge in [-0.05, 0) is 18.3 Å². The van der Waals surface area contributed by atoms with Gasteiger partial charge in [-0.3, -0.25) is 0 Å². The fraction of sp³-hybridized carbons (Fsp3) is 0.800. The van der Waals surface area contributed by atoms with Crippen LogP contribution in [0.3, 0.4) is 0 Å². The van der Waals surface area contributed by atoms with Crippen molar-refractivity contribution in [2.75, 3.05) is 0 Å². The van der Waals surface area contributed by atoms with Crippen LogP contribution in [-0.2, 0) is 0 Å². The molecule has 1 heteroatoms. The molecule has 0 fully saturated rings. The normalized spacial score (nSPS) is 18.9. The molecule has 1 N–H and O–H groups in total. The minimum absolute atomic E-state index is 0.159. The fourth-order valence-corrected chi connectivity index (χ4v) is 0.982. The molecule has 66 valence electrons. The molecule has 3 atom stereocenters. The number of hydrogen-bond donors (Lipinski definition) is 1. The largest absolute Gasteiger partial charge is 0.393 e. The van der Waals surface area contributed by atoms with Crippen LogP contribution in [0, 0.1) is 11.8 Å². The molecule has 0 aliphatic rings. The third-order valence-electron chi connectivity index (χ3n) is 2.32. The number of rotatable bonds is 5. The van der Waals surface area contributed by atoms with Crippen molar-refractivity contribution in [2.24, 2.45) is 11.8 Å². The molecular weight excluding hydrogens is 136 g/mol. The van der Waals surface area contributed by atoms with Crippen LogP contribution in [0.4, 0.5) is 0 Å². The van der Waals surface area contributed by atoms with Crippen LogP contribution in [-0.4, -0.2) is 11.2 Å². The van der Waals surface area contributed by atoms with Gasteiger partial charge in [0.15, 0.2) is 0 Å². The molecule has 0 saturated heterocycles. The maximum Gasteiger partial charge on any atom is 0.0571 e. The van der Waals surface area contributed by atoms with Gasteiger partial charge in [-0.1, -0.05) is 33.3 Å². The Balaban J connectivity index is 3.66. The van der Waals surface area contributed by atoms with Crippen molar-refractivity contribution < 1.29 is 5.11 Å². The van der Waals surface area contributed by atoms with E-state index in [0.29, 0.717) is 11.8 Å². The summed E-state index contributed by atoms with van der Waals surface area (Å²) in [5, 5.41) is 9.57. The maximum absolute atomic E-state index is 9.57. The van der Waals surface area contributed by atoms with E-state index in [1.54, 1.807) is 0 Å². The van der Waals surface area contributed by atoms with Crippen molar-refractivity contribution in [1.29, 1.82) is 0 Å². The molecule has 0 aliphatic carbocycles. The van der Waals surface area contributed by atoms with Crippen molar-refractivity contribution in [1.82, 2.24) is 0 Å². The smallest absolute Gasteiger partial charge is 0.0571 e. The predicted molar refractivity (Wildman–Crippen MR) is 49.4 cm³/mol. The van der Waals surface area contributed by atoms with Gasteiger partial charge in [-0.25, -0.2) is 0 Å². The number of hydrogen-bond acceptors (Lipinski definition) is 1. The van der Waals surface area contributed by atoms with Crippen molar-refractivity contribution >= 4 is 0 Å². The van der Waals surface area contributed by atoms with Crippen LogP contribution < -0.4 is 0 Å². The van der Waals surface area contributed by atoms with E-state index >= 15 is 0 Å². The van der Waals surface area contributed by atoms with E-state index in [9.17, 15) is 5.11 Å². The summed E-state index contributed by atoms with van der Waals surface area (Å²) in [5.74, 6) is 0.844. The summed E-state index contributed by atoms with van der Waals surface area (Å²) >= 11 is 0. The third kappa shape index (κ3) is 4.20. The molecule has 0 radical (unpaired) electrons. The van der Waals surface area contributed by atoms with E-state index in [4.69, 9.17) is 0 Å². The summed E-state index contributed by atoms with van der Waals surface area (Å²) in [6.45, 7) is 9.96. The first-order valence-corrected chi connectivity index (χ1v) is 4.42. The number of aliphatic hydroxyl groups excluding tert-OH is 1. The van der Waals surface area contributed by atoms with Gasteiger partial charge in [0.05, 0.1) is 6.10 Å². The highest BCUT2D eigenvalue weighted by atomic mass is 16.3. The van der Waals surface area contributed by atoms with Crippen molar-refractivity contribution in [2.45, 2.75) is 39.7 Å². The summed E-state index contributed by atoms with van der Waals surface area (Å²) in [6, 6.07) is 0.